The molecule has 0 fully saturated rings. The zero-order chi connectivity index (χ0) is 17.3. The summed E-state index contributed by atoms with van der Waals surface area (Å²) in [6, 6.07) is 10.5. The van der Waals surface area contributed by atoms with Crippen LogP contribution in [0.5, 0.6) is 5.75 Å². The van der Waals surface area contributed by atoms with Gasteiger partial charge >= 0.3 is 5.97 Å². The number of hydrogen-bond acceptors (Lipinski definition) is 4. The Morgan fingerprint density at radius 2 is 2.08 bits per heavy atom. The Labute approximate surface area is 144 Å². The maximum atomic E-state index is 12.5. The van der Waals surface area contributed by atoms with E-state index in [0.29, 0.717) is 28.4 Å². The van der Waals surface area contributed by atoms with E-state index in [9.17, 15) is 9.59 Å². The fraction of sp³-hybridized carbons (Fsp3) is 0.222. The lowest BCUT2D eigenvalue weighted by molar-refractivity contribution is -0.125. The van der Waals surface area contributed by atoms with E-state index in [2.05, 4.69) is 5.32 Å². The van der Waals surface area contributed by atoms with E-state index in [1.807, 2.05) is 19.1 Å². The third-order valence-electron chi connectivity index (χ3n) is 3.92. The largest absolute Gasteiger partial charge is 0.495 e. The maximum Gasteiger partial charge on any atom is 0.339 e. The number of aryl methyl sites for hydroxylation is 1. The van der Waals surface area contributed by atoms with E-state index in [0.717, 1.165) is 11.1 Å². The van der Waals surface area contributed by atoms with Crippen LogP contribution in [0.3, 0.4) is 0 Å². The van der Waals surface area contributed by atoms with Crippen LogP contribution >= 0.6 is 11.6 Å². The van der Waals surface area contributed by atoms with Crippen LogP contribution in [-0.2, 0) is 16.0 Å². The van der Waals surface area contributed by atoms with Crippen molar-refractivity contribution in [1.29, 1.82) is 0 Å². The van der Waals surface area contributed by atoms with Gasteiger partial charge in [0.1, 0.15) is 5.75 Å². The molecule has 0 bridgehead atoms. The fourth-order valence-electron chi connectivity index (χ4n) is 2.62. The van der Waals surface area contributed by atoms with Gasteiger partial charge in [-0.25, -0.2) is 4.79 Å². The number of carbonyl (C=O) groups is 2. The average Bonchev–Trinajstić information content (AvgIpc) is 2.57. The van der Waals surface area contributed by atoms with Crippen molar-refractivity contribution in [3.05, 3.63) is 58.1 Å². The van der Waals surface area contributed by atoms with E-state index in [4.69, 9.17) is 21.1 Å². The molecule has 2 aromatic rings. The molecule has 1 heterocycles. The second-order valence-corrected chi connectivity index (χ2v) is 5.95. The van der Waals surface area contributed by atoms with E-state index < -0.39 is 18.0 Å². The standard InChI is InChI=1S/C18H16ClNO4/c1-10-7-14(15(23-2)9-13(10)19)20-17(21)16-8-11-5-3-4-6-12(11)18(22)24-16/h3-7,9,16H,8H2,1-2H3,(H,20,21)/t16-/m1/s1. The molecule has 1 aliphatic heterocycles. The molecule has 0 aliphatic carbocycles. The summed E-state index contributed by atoms with van der Waals surface area (Å²) in [4.78, 5) is 24.5. The highest BCUT2D eigenvalue weighted by Crippen LogP contribution is 2.31. The van der Waals surface area contributed by atoms with E-state index in [1.165, 1.54) is 7.11 Å². The van der Waals surface area contributed by atoms with Crippen molar-refractivity contribution in [2.75, 3.05) is 12.4 Å². The molecule has 0 spiro atoms. The first-order chi connectivity index (χ1) is 11.5. The maximum absolute atomic E-state index is 12.5. The van der Waals surface area contributed by atoms with Crippen molar-refractivity contribution in [2.24, 2.45) is 0 Å². The number of cyclic esters (lactones) is 1. The summed E-state index contributed by atoms with van der Waals surface area (Å²) in [5, 5.41) is 3.30. The van der Waals surface area contributed by atoms with Crippen LogP contribution < -0.4 is 10.1 Å². The second-order valence-electron chi connectivity index (χ2n) is 5.55. The normalized spacial score (nSPS) is 16.1. The van der Waals surface area contributed by atoms with Gasteiger partial charge in [0.2, 0.25) is 0 Å². The van der Waals surface area contributed by atoms with Gasteiger partial charge < -0.3 is 14.8 Å². The van der Waals surface area contributed by atoms with Gasteiger partial charge in [0, 0.05) is 17.5 Å². The van der Waals surface area contributed by atoms with Gasteiger partial charge in [0.15, 0.2) is 6.10 Å². The minimum atomic E-state index is -0.881. The van der Waals surface area contributed by atoms with Gasteiger partial charge in [0.25, 0.3) is 5.91 Å². The number of carbonyl (C=O) groups excluding carboxylic acids is 2. The van der Waals surface area contributed by atoms with Crippen molar-refractivity contribution >= 4 is 29.2 Å². The highest BCUT2D eigenvalue weighted by molar-refractivity contribution is 6.31. The first-order valence-corrected chi connectivity index (χ1v) is 7.81. The number of ether oxygens (including phenoxy) is 2. The molecule has 1 aliphatic rings. The number of rotatable bonds is 3. The van der Waals surface area contributed by atoms with Crippen molar-refractivity contribution in [3.63, 3.8) is 0 Å². The molecule has 1 atom stereocenters. The van der Waals surface area contributed by atoms with Crippen LogP contribution in [0.1, 0.15) is 21.5 Å². The van der Waals surface area contributed by atoms with E-state index in [1.54, 1.807) is 24.3 Å². The minimum Gasteiger partial charge on any atom is -0.495 e. The first-order valence-electron chi connectivity index (χ1n) is 7.43. The zero-order valence-corrected chi connectivity index (χ0v) is 14.0. The third-order valence-corrected chi connectivity index (χ3v) is 4.33. The Hall–Kier alpha value is -2.53. The summed E-state index contributed by atoms with van der Waals surface area (Å²) in [6.45, 7) is 1.83. The van der Waals surface area contributed by atoms with Crippen molar-refractivity contribution < 1.29 is 19.1 Å². The number of anilines is 1. The molecule has 0 radical (unpaired) electrons. The summed E-state index contributed by atoms with van der Waals surface area (Å²) in [6.07, 6.45) is -0.545. The topological polar surface area (TPSA) is 64.6 Å². The minimum absolute atomic E-state index is 0.336. The molecular weight excluding hydrogens is 330 g/mol. The fourth-order valence-corrected chi connectivity index (χ4v) is 2.77. The number of esters is 1. The molecule has 3 rings (SSSR count). The second kappa shape index (κ2) is 6.53. The molecule has 2 aromatic carbocycles. The molecule has 0 saturated heterocycles. The van der Waals surface area contributed by atoms with E-state index in [-0.39, 0.29) is 0 Å². The smallest absolute Gasteiger partial charge is 0.339 e. The van der Waals surface area contributed by atoms with Crippen LogP contribution in [0.2, 0.25) is 5.02 Å². The number of amides is 1. The SMILES string of the molecule is COc1cc(Cl)c(C)cc1NC(=O)[C@H]1Cc2ccccc2C(=O)O1. The van der Waals surface area contributed by atoms with Crippen LogP contribution in [0.4, 0.5) is 5.69 Å². The average molecular weight is 346 g/mol. The molecule has 6 heteroatoms. The summed E-state index contributed by atoms with van der Waals surface area (Å²) in [5.41, 5.74) is 2.59. The monoisotopic (exact) mass is 345 g/mol. The summed E-state index contributed by atoms with van der Waals surface area (Å²) in [5.74, 6) is -0.449. The number of halogens is 1. The highest BCUT2D eigenvalue weighted by Gasteiger charge is 2.31. The third kappa shape index (κ3) is 3.08. The molecular formula is C18H16ClNO4. The quantitative estimate of drug-likeness (QED) is 0.866. The number of hydrogen-bond donors (Lipinski definition) is 1. The molecule has 0 unspecified atom stereocenters. The molecule has 5 nitrogen and oxygen atoms in total. The molecule has 124 valence electrons. The number of nitrogens with one attached hydrogen (secondary N) is 1. The lowest BCUT2D eigenvalue weighted by Crippen LogP contribution is -2.38. The van der Waals surface area contributed by atoms with Crippen molar-refractivity contribution in [1.82, 2.24) is 0 Å². The lowest BCUT2D eigenvalue weighted by atomic mass is 9.98. The van der Waals surface area contributed by atoms with Gasteiger partial charge in [-0.05, 0) is 30.2 Å². The Balaban J connectivity index is 1.82. The van der Waals surface area contributed by atoms with Gasteiger partial charge in [-0.3, -0.25) is 4.79 Å². The Morgan fingerprint density at radius 1 is 1.33 bits per heavy atom. The Bertz CT molecular complexity index is 819. The summed E-state index contributed by atoms with van der Waals surface area (Å²) < 4.78 is 10.5. The summed E-state index contributed by atoms with van der Waals surface area (Å²) >= 11 is 6.06. The Kier molecular flexibility index (Phi) is 4.44. The molecule has 0 saturated carbocycles. The van der Waals surface area contributed by atoms with Crippen LogP contribution in [0.15, 0.2) is 36.4 Å². The first kappa shape index (κ1) is 16.3. The molecule has 1 amide bonds. The summed E-state index contributed by atoms with van der Waals surface area (Å²) in [7, 11) is 1.49. The number of fused-ring (bicyclic) bond motifs is 1. The van der Waals surface area contributed by atoms with Crippen molar-refractivity contribution in [3.8, 4) is 5.75 Å². The van der Waals surface area contributed by atoms with E-state index >= 15 is 0 Å². The predicted octanol–water partition coefficient (Wildman–Crippen LogP) is 3.38. The molecule has 0 aromatic heterocycles. The van der Waals surface area contributed by atoms with Gasteiger partial charge in [-0.15, -0.1) is 0 Å². The van der Waals surface area contributed by atoms with Crippen molar-refractivity contribution in [2.45, 2.75) is 19.4 Å². The molecule has 24 heavy (non-hydrogen) atoms. The van der Waals surface area contributed by atoms with Crippen LogP contribution in [0.25, 0.3) is 0 Å². The highest BCUT2D eigenvalue weighted by atomic mass is 35.5. The van der Waals surface area contributed by atoms with Crippen LogP contribution in [-0.4, -0.2) is 25.1 Å². The van der Waals surface area contributed by atoms with Crippen LogP contribution in [0, 0.1) is 6.92 Å². The lowest BCUT2D eigenvalue weighted by Gasteiger charge is -2.24. The number of benzene rings is 2. The molecule has 1 N–H and O–H groups in total. The number of methoxy groups -OCH3 is 1. The predicted molar refractivity (Wildman–Crippen MR) is 90.7 cm³/mol. The Morgan fingerprint density at radius 3 is 2.83 bits per heavy atom. The van der Waals surface area contributed by atoms with Gasteiger partial charge in [-0.2, -0.15) is 0 Å². The zero-order valence-electron chi connectivity index (χ0n) is 13.3. The van der Waals surface area contributed by atoms with Gasteiger partial charge in [-0.1, -0.05) is 29.8 Å². The van der Waals surface area contributed by atoms with Gasteiger partial charge in [0.05, 0.1) is 18.4 Å².